The molecule has 238 valence electrons. The molecule has 2 amide bonds. The van der Waals surface area contributed by atoms with Gasteiger partial charge in [-0.1, -0.05) is 55.8 Å². The van der Waals surface area contributed by atoms with Crippen molar-refractivity contribution in [2.24, 2.45) is 0 Å². The Morgan fingerprint density at radius 3 is 2.25 bits per heavy atom. The highest BCUT2D eigenvalue weighted by Crippen LogP contribution is 2.38. The molecule has 0 fully saturated rings. The van der Waals surface area contributed by atoms with E-state index in [-0.39, 0.29) is 23.9 Å². The first-order chi connectivity index (χ1) is 20.7. The van der Waals surface area contributed by atoms with E-state index in [0.717, 1.165) is 12.1 Å². The number of carbonyl (C=O) groups excluding carboxylic acids is 2. The van der Waals surface area contributed by atoms with Crippen molar-refractivity contribution in [3.63, 3.8) is 0 Å². The van der Waals surface area contributed by atoms with Gasteiger partial charge in [0, 0.05) is 12.6 Å². The van der Waals surface area contributed by atoms with Gasteiger partial charge in [-0.3, -0.25) is 13.9 Å². The molecule has 0 aliphatic heterocycles. The third kappa shape index (κ3) is 8.44. The zero-order valence-corrected chi connectivity index (χ0v) is 26.3. The van der Waals surface area contributed by atoms with Gasteiger partial charge in [-0.15, -0.1) is 0 Å². The van der Waals surface area contributed by atoms with E-state index < -0.39 is 56.9 Å². The number of methoxy groups -OCH3 is 1. The van der Waals surface area contributed by atoms with Gasteiger partial charge < -0.3 is 15.0 Å². The van der Waals surface area contributed by atoms with Gasteiger partial charge in [0.25, 0.3) is 10.0 Å². The summed E-state index contributed by atoms with van der Waals surface area (Å²) < 4.78 is 75.1. The molecule has 0 aliphatic carbocycles. The van der Waals surface area contributed by atoms with Crippen molar-refractivity contribution in [2.75, 3.05) is 18.0 Å². The molecule has 1 N–H and O–H groups in total. The number of hydrogen-bond donors (Lipinski definition) is 1. The van der Waals surface area contributed by atoms with Crippen LogP contribution in [0.1, 0.15) is 44.7 Å². The minimum absolute atomic E-state index is 0.101. The fourth-order valence-corrected chi connectivity index (χ4v) is 6.11. The molecule has 2 atom stereocenters. The third-order valence-corrected chi connectivity index (χ3v) is 9.15. The smallest absolute Gasteiger partial charge is 0.417 e. The van der Waals surface area contributed by atoms with Crippen molar-refractivity contribution in [3.05, 3.63) is 88.9 Å². The van der Waals surface area contributed by atoms with Crippen LogP contribution in [0, 0.1) is 0 Å². The van der Waals surface area contributed by atoms with Crippen LogP contribution in [0.25, 0.3) is 0 Å². The highest BCUT2D eigenvalue weighted by atomic mass is 35.5. The fourth-order valence-electron chi connectivity index (χ4n) is 4.46. The number of rotatable bonds is 13. The minimum atomic E-state index is -4.89. The molecule has 0 aromatic heterocycles. The number of anilines is 1. The first-order valence-corrected chi connectivity index (χ1v) is 15.7. The molecule has 0 unspecified atom stereocenters. The molecule has 3 aromatic rings. The average molecular weight is 654 g/mol. The number of alkyl halides is 3. The molecule has 8 nitrogen and oxygen atoms in total. The molecule has 0 saturated heterocycles. The molecule has 0 bridgehead atoms. The van der Waals surface area contributed by atoms with Gasteiger partial charge in [-0.25, -0.2) is 8.42 Å². The molecule has 0 aliphatic rings. The largest absolute Gasteiger partial charge is 0.497 e. The van der Waals surface area contributed by atoms with Crippen LogP contribution in [0.3, 0.4) is 0 Å². The average Bonchev–Trinajstić information content (AvgIpc) is 2.99. The zero-order chi connectivity index (χ0) is 32.7. The van der Waals surface area contributed by atoms with Gasteiger partial charge in [0.1, 0.15) is 18.3 Å². The molecule has 0 saturated carbocycles. The second-order valence-corrected chi connectivity index (χ2v) is 12.4. The minimum Gasteiger partial charge on any atom is -0.497 e. The SMILES string of the molecule is CC[C@@H](C)NC(=O)[C@H](CC)N(Cc1cccc(OC)c1)C(=O)CN(c1ccc(Cl)c(C(F)(F)F)c1)S(=O)(=O)c1ccccc1. The maximum atomic E-state index is 14.1. The number of ether oxygens (including phenoxy) is 1. The summed E-state index contributed by atoms with van der Waals surface area (Å²) in [5.74, 6) is -0.746. The maximum Gasteiger partial charge on any atom is 0.417 e. The van der Waals surface area contributed by atoms with E-state index in [1.165, 1.54) is 36.3 Å². The summed E-state index contributed by atoms with van der Waals surface area (Å²) >= 11 is 5.82. The molecular formula is C31H35ClF3N3O5S. The van der Waals surface area contributed by atoms with Crippen LogP contribution in [0.2, 0.25) is 5.02 Å². The predicted octanol–water partition coefficient (Wildman–Crippen LogP) is 6.28. The lowest BCUT2D eigenvalue weighted by molar-refractivity contribution is -0.140. The topological polar surface area (TPSA) is 96.0 Å². The van der Waals surface area contributed by atoms with Crippen molar-refractivity contribution >= 4 is 39.1 Å². The van der Waals surface area contributed by atoms with Gasteiger partial charge in [-0.05, 0) is 67.8 Å². The maximum absolute atomic E-state index is 14.1. The van der Waals surface area contributed by atoms with Crippen LogP contribution in [0.4, 0.5) is 18.9 Å². The van der Waals surface area contributed by atoms with Crippen LogP contribution in [0.15, 0.2) is 77.7 Å². The van der Waals surface area contributed by atoms with E-state index >= 15 is 0 Å². The van der Waals surface area contributed by atoms with Crippen LogP contribution in [-0.4, -0.2) is 50.9 Å². The Balaban J connectivity index is 2.14. The Kier molecular flexibility index (Phi) is 11.7. The Labute approximate surface area is 260 Å². The summed E-state index contributed by atoms with van der Waals surface area (Å²) in [6, 6.07) is 15.2. The van der Waals surface area contributed by atoms with Gasteiger partial charge in [0.15, 0.2) is 0 Å². The molecule has 0 heterocycles. The number of hydrogen-bond acceptors (Lipinski definition) is 5. The number of nitrogens with zero attached hydrogens (tertiary/aromatic N) is 2. The number of benzene rings is 3. The van der Waals surface area contributed by atoms with Crippen LogP contribution < -0.4 is 14.4 Å². The fraction of sp³-hybridized carbons (Fsp3) is 0.355. The monoisotopic (exact) mass is 653 g/mol. The lowest BCUT2D eigenvalue weighted by Gasteiger charge is -2.34. The molecule has 3 rings (SSSR count). The quantitative estimate of drug-likeness (QED) is 0.234. The molecular weight excluding hydrogens is 619 g/mol. The Bertz CT molecular complexity index is 1550. The molecule has 44 heavy (non-hydrogen) atoms. The van der Waals surface area contributed by atoms with Gasteiger partial charge >= 0.3 is 6.18 Å². The van der Waals surface area contributed by atoms with Gasteiger partial charge in [0.05, 0.1) is 28.3 Å². The molecule has 0 radical (unpaired) electrons. The van der Waals surface area contributed by atoms with E-state index in [2.05, 4.69) is 5.32 Å². The first-order valence-electron chi connectivity index (χ1n) is 13.9. The van der Waals surface area contributed by atoms with E-state index in [0.29, 0.717) is 28.1 Å². The first kappa shape index (κ1) is 34.7. The lowest BCUT2D eigenvalue weighted by atomic mass is 10.1. The van der Waals surface area contributed by atoms with Crippen molar-refractivity contribution in [1.29, 1.82) is 0 Å². The molecule has 3 aromatic carbocycles. The molecule has 13 heteroatoms. The standard InChI is InChI=1S/C31H35ClF3N3O5S/c1-5-21(3)36-30(40)28(6-2)37(19-22-11-10-12-24(17-22)43-4)29(39)20-38(44(41,42)25-13-8-7-9-14-25)23-15-16-27(32)26(18-23)31(33,34)35/h7-18,21,28H,5-6,19-20H2,1-4H3,(H,36,40)/t21-,28+/m1/s1. The Hall–Kier alpha value is -3.77. The second-order valence-electron chi connectivity index (χ2n) is 10.1. The van der Waals surface area contributed by atoms with Crippen molar-refractivity contribution in [3.8, 4) is 5.75 Å². The Morgan fingerprint density at radius 2 is 1.66 bits per heavy atom. The molecule has 0 spiro atoms. The summed E-state index contributed by atoms with van der Waals surface area (Å²) in [5.41, 5.74) is -1.09. The summed E-state index contributed by atoms with van der Waals surface area (Å²) in [7, 11) is -3.09. The normalized spacial score (nSPS) is 13.1. The summed E-state index contributed by atoms with van der Waals surface area (Å²) in [6.07, 6.45) is -4.07. The van der Waals surface area contributed by atoms with Crippen molar-refractivity contribution in [1.82, 2.24) is 10.2 Å². The van der Waals surface area contributed by atoms with Gasteiger partial charge in [0.2, 0.25) is 11.8 Å². The van der Waals surface area contributed by atoms with Gasteiger partial charge in [-0.2, -0.15) is 13.2 Å². The number of sulfonamides is 1. The highest BCUT2D eigenvalue weighted by Gasteiger charge is 2.37. The van der Waals surface area contributed by atoms with Crippen LogP contribution in [0.5, 0.6) is 5.75 Å². The van der Waals surface area contributed by atoms with E-state index in [1.807, 2.05) is 13.8 Å². The second kappa shape index (κ2) is 14.8. The van der Waals surface area contributed by atoms with E-state index in [9.17, 15) is 31.2 Å². The van der Waals surface area contributed by atoms with Crippen molar-refractivity contribution < 1.29 is 35.9 Å². The van der Waals surface area contributed by atoms with E-state index in [4.69, 9.17) is 16.3 Å². The number of carbonyl (C=O) groups is 2. The third-order valence-electron chi connectivity index (χ3n) is 7.03. The predicted molar refractivity (Wildman–Crippen MR) is 163 cm³/mol. The van der Waals surface area contributed by atoms with Crippen LogP contribution in [-0.2, 0) is 32.3 Å². The lowest BCUT2D eigenvalue weighted by Crippen LogP contribution is -2.53. The number of amides is 2. The summed E-state index contributed by atoms with van der Waals surface area (Å²) in [6.45, 7) is 4.41. The van der Waals surface area contributed by atoms with Crippen molar-refractivity contribution in [2.45, 2.75) is 63.3 Å². The van der Waals surface area contributed by atoms with Crippen LogP contribution >= 0.6 is 11.6 Å². The summed E-state index contributed by atoms with van der Waals surface area (Å²) in [5, 5.41) is 2.24. The highest BCUT2D eigenvalue weighted by molar-refractivity contribution is 7.92. The number of halogens is 4. The Morgan fingerprint density at radius 1 is 0.977 bits per heavy atom. The van der Waals surface area contributed by atoms with E-state index in [1.54, 1.807) is 37.3 Å². The zero-order valence-electron chi connectivity index (χ0n) is 24.8. The summed E-state index contributed by atoms with van der Waals surface area (Å²) in [4.78, 5) is 28.5. The number of nitrogens with one attached hydrogen (secondary N) is 1.